The van der Waals surface area contributed by atoms with Gasteiger partial charge in [-0.2, -0.15) is 0 Å². The number of hydrogen-bond donors (Lipinski definition) is 5. The Morgan fingerprint density at radius 2 is 0.840 bits per heavy atom. The summed E-state index contributed by atoms with van der Waals surface area (Å²) in [6, 6.07) is -1.00. The zero-order chi connectivity index (χ0) is 36.8. The molecule has 0 aliphatic carbocycles. The van der Waals surface area contributed by atoms with Crippen molar-refractivity contribution in [3.8, 4) is 0 Å². The molecule has 6 heteroatoms. The van der Waals surface area contributed by atoms with Crippen molar-refractivity contribution >= 4 is 5.91 Å². The fourth-order valence-electron chi connectivity index (χ4n) is 6.66. The topological polar surface area (TPSA) is 110 Å². The normalized spacial score (nSPS) is 14.4. The third-order valence-electron chi connectivity index (χ3n) is 10.1. The molecule has 4 unspecified atom stereocenters. The highest BCUT2D eigenvalue weighted by atomic mass is 16.3. The highest BCUT2D eigenvalue weighted by Crippen LogP contribution is 2.16. The molecule has 0 saturated heterocycles. The summed E-state index contributed by atoms with van der Waals surface area (Å²) in [5.74, 6) is -0.596. The van der Waals surface area contributed by atoms with Crippen LogP contribution in [-0.4, -0.2) is 57.3 Å². The standard InChI is InChI=1S/C44H85NO5/c1-3-5-7-9-11-13-15-17-18-19-20-21-22-23-24-25-26-28-30-32-34-36-38-42(48)44(50)45-40(39-46)43(49)41(47)37-35-33-31-29-27-16-14-12-10-8-6-4-2/h12,14,29,31,40-43,46-49H,3-11,13,15-28,30,32-39H2,1-2H3,(H,45,50)/b14-12+,31-29+. The summed E-state index contributed by atoms with van der Waals surface area (Å²) in [4.78, 5) is 12.5. The Hall–Kier alpha value is -1.21. The smallest absolute Gasteiger partial charge is 0.249 e. The minimum atomic E-state index is -1.28. The van der Waals surface area contributed by atoms with Crippen molar-refractivity contribution in [2.45, 2.75) is 244 Å². The van der Waals surface area contributed by atoms with Gasteiger partial charge in [-0.05, 0) is 51.4 Å². The lowest BCUT2D eigenvalue weighted by molar-refractivity contribution is -0.132. The van der Waals surface area contributed by atoms with E-state index < -0.39 is 36.9 Å². The number of amides is 1. The molecule has 0 radical (unpaired) electrons. The summed E-state index contributed by atoms with van der Waals surface area (Å²) in [6.45, 7) is 4.00. The molecule has 1 amide bonds. The van der Waals surface area contributed by atoms with E-state index in [1.54, 1.807) is 0 Å². The Kier molecular flexibility index (Phi) is 38.1. The lowest BCUT2D eigenvalue weighted by Crippen LogP contribution is -2.53. The van der Waals surface area contributed by atoms with Gasteiger partial charge in [0.2, 0.25) is 5.91 Å². The fourth-order valence-corrected chi connectivity index (χ4v) is 6.66. The molecule has 5 N–H and O–H groups in total. The van der Waals surface area contributed by atoms with Gasteiger partial charge in [-0.25, -0.2) is 0 Å². The van der Waals surface area contributed by atoms with Crippen molar-refractivity contribution in [3.05, 3.63) is 24.3 Å². The number of carbonyl (C=O) groups excluding carboxylic acids is 1. The molecule has 0 aliphatic heterocycles. The van der Waals surface area contributed by atoms with E-state index in [-0.39, 0.29) is 0 Å². The Morgan fingerprint density at radius 1 is 0.480 bits per heavy atom. The quantitative estimate of drug-likeness (QED) is 0.0323. The monoisotopic (exact) mass is 708 g/mol. The van der Waals surface area contributed by atoms with Crippen LogP contribution in [0.15, 0.2) is 24.3 Å². The maximum absolute atomic E-state index is 12.5. The largest absolute Gasteiger partial charge is 0.394 e. The van der Waals surface area contributed by atoms with E-state index in [1.165, 1.54) is 141 Å². The van der Waals surface area contributed by atoms with Crippen LogP contribution in [0.2, 0.25) is 0 Å². The van der Waals surface area contributed by atoms with Crippen molar-refractivity contribution in [3.63, 3.8) is 0 Å². The van der Waals surface area contributed by atoms with Crippen molar-refractivity contribution in [1.29, 1.82) is 0 Å². The number of nitrogens with one attached hydrogen (secondary N) is 1. The number of hydrogen-bond acceptors (Lipinski definition) is 5. The van der Waals surface area contributed by atoms with E-state index in [1.807, 2.05) is 0 Å². The highest BCUT2D eigenvalue weighted by Gasteiger charge is 2.28. The van der Waals surface area contributed by atoms with Crippen LogP contribution in [0, 0.1) is 0 Å². The predicted octanol–water partition coefficient (Wildman–Crippen LogP) is 11.2. The van der Waals surface area contributed by atoms with E-state index in [9.17, 15) is 25.2 Å². The van der Waals surface area contributed by atoms with Gasteiger partial charge in [-0.15, -0.1) is 0 Å². The number of aliphatic hydroxyl groups excluding tert-OH is 4. The number of aliphatic hydroxyl groups is 4. The summed E-state index contributed by atoms with van der Waals surface area (Å²) in [5.41, 5.74) is 0. The van der Waals surface area contributed by atoms with Crippen LogP contribution in [0.3, 0.4) is 0 Å². The average Bonchev–Trinajstić information content (AvgIpc) is 3.12. The van der Waals surface area contributed by atoms with Gasteiger partial charge >= 0.3 is 0 Å². The van der Waals surface area contributed by atoms with Crippen LogP contribution < -0.4 is 5.32 Å². The van der Waals surface area contributed by atoms with Gasteiger partial charge in [-0.1, -0.05) is 192 Å². The average molecular weight is 708 g/mol. The van der Waals surface area contributed by atoms with Crippen LogP contribution in [0.4, 0.5) is 0 Å². The van der Waals surface area contributed by atoms with Gasteiger partial charge in [0.25, 0.3) is 0 Å². The minimum Gasteiger partial charge on any atom is -0.394 e. The Labute approximate surface area is 310 Å². The summed E-state index contributed by atoms with van der Waals surface area (Å²) in [5, 5.41) is 43.5. The van der Waals surface area contributed by atoms with E-state index in [0.29, 0.717) is 19.3 Å². The molecule has 296 valence electrons. The van der Waals surface area contributed by atoms with Gasteiger partial charge in [0, 0.05) is 0 Å². The van der Waals surface area contributed by atoms with Crippen LogP contribution in [0.1, 0.15) is 219 Å². The minimum absolute atomic E-state index is 0.364. The molecule has 0 aromatic carbocycles. The van der Waals surface area contributed by atoms with E-state index >= 15 is 0 Å². The first-order valence-corrected chi connectivity index (χ1v) is 21.7. The van der Waals surface area contributed by atoms with Crippen LogP contribution in [0.25, 0.3) is 0 Å². The number of unbranched alkanes of at least 4 members (excludes halogenated alkanes) is 26. The molecule has 0 aromatic rings. The molecular formula is C44H85NO5. The molecule has 0 rings (SSSR count). The second-order valence-corrected chi connectivity index (χ2v) is 15.0. The van der Waals surface area contributed by atoms with E-state index in [0.717, 1.165) is 44.9 Å². The molecule has 0 spiro atoms. The predicted molar refractivity (Wildman–Crippen MR) is 214 cm³/mol. The molecule has 6 nitrogen and oxygen atoms in total. The number of carbonyl (C=O) groups is 1. The van der Waals surface area contributed by atoms with E-state index in [2.05, 4.69) is 43.5 Å². The molecule has 0 fully saturated rings. The van der Waals surface area contributed by atoms with Crippen molar-refractivity contribution in [2.24, 2.45) is 0 Å². The first-order valence-electron chi connectivity index (χ1n) is 21.7. The number of allylic oxidation sites excluding steroid dienone is 4. The molecular weight excluding hydrogens is 622 g/mol. The summed E-state index contributed by atoms with van der Waals surface area (Å²) >= 11 is 0. The zero-order valence-corrected chi connectivity index (χ0v) is 33.2. The summed E-state index contributed by atoms with van der Waals surface area (Å²) in [6.07, 6.45) is 43.6. The summed E-state index contributed by atoms with van der Waals surface area (Å²) < 4.78 is 0. The van der Waals surface area contributed by atoms with Crippen LogP contribution in [0.5, 0.6) is 0 Å². The highest BCUT2D eigenvalue weighted by molar-refractivity contribution is 5.80. The molecule has 0 saturated carbocycles. The molecule has 0 aromatic heterocycles. The van der Waals surface area contributed by atoms with Gasteiger partial charge < -0.3 is 25.7 Å². The SMILES string of the molecule is CCCCC/C=C/CC/C=C/CCCC(O)C(O)C(CO)NC(=O)C(O)CCCCCCCCCCCCCCCCCCCCCCCC. The van der Waals surface area contributed by atoms with Crippen LogP contribution >= 0.6 is 0 Å². The molecule has 50 heavy (non-hydrogen) atoms. The molecule has 0 aliphatic rings. The maximum atomic E-state index is 12.5. The molecule has 0 heterocycles. The first kappa shape index (κ1) is 48.8. The van der Waals surface area contributed by atoms with Crippen molar-refractivity contribution < 1.29 is 25.2 Å². The van der Waals surface area contributed by atoms with Gasteiger partial charge in [0.05, 0.1) is 18.8 Å². The zero-order valence-electron chi connectivity index (χ0n) is 33.2. The van der Waals surface area contributed by atoms with E-state index in [4.69, 9.17) is 0 Å². The Bertz CT molecular complexity index is 757. The lowest BCUT2D eigenvalue weighted by Gasteiger charge is -2.27. The summed E-state index contributed by atoms with van der Waals surface area (Å²) in [7, 11) is 0. The second kappa shape index (κ2) is 39.0. The fraction of sp³-hybridized carbons (Fsp3) is 0.886. The third kappa shape index (κ3) is 32.7. The molecule has 0 bridgehead atoms. The van der Waals surface area contributed by atoms with Crippen molar-refractivity contribution in [2.75, 3.05) is 6.61 Å². The molecule has 4 atom stereocenters. The lowest BCUT2D eigenvalue weighted by atomic mass is 10.00. The number of rotatable bonds is 39. The second-order valence-electron chi connectivity index (χ2n) is 15.0. The van der Waals surface area contributed by atoms with Crippen molar-refractivity contribution in [1.82, 2.24) is 5.32 Å². The van der Waals surface area contributed by atoms with Crippen LogP contribution in [-0.2, 0) is 4.79 Å². The van der Waals surface area contributed by atoms with Gasteiger partial charge in [-0.3, -0.25) is 4.79 Å². The Morgan fingerprint density at radius 3 is 1.26 bits per heavy atom. The maximum Gasteiger partial charge on any atom is 0.249 e. The Balaban J connectivity index is 3.71. The first-order chi connectivity index (χ1) is 24.5. The van der Waals surface area contributed by atoms with Gasteiger partial charge in [0.15, 0.2) is 0 Å². The van der Waals surface area contributed by atoms with Gasteiger partial charge in [0.1, 0.15) is 12.2 Å². The third-order valence-corrected chi connectivity index (χ3v) is 10.1.